The van der Waals surface area contributed by atoms with E-state index in [-0.39, 0.29) is 29.5 Å². The molecule has 1 atom stereocenters. The van der Waals surface area contributed by atoms with E-state index < -0.39 is 0 Å². The number of carbonyl (C=O) groups is 2. The van der Waals surface area contributed by atoms with Crippen LogP contribution in [0.2, 0.25) is 0 Å². The van der Waals surface area contributed by atoms with Crippen molar-refractivity contribution >= 4 is 29.3 Å². The van der Waals surface area contributed by atoms with Crippen molar-refractivity contribution < 1.29 is 14.3 Å². The number of thioether (sulfide) groups is 1. The fourth-order valence-electron chi connectivity index (χ4n) is 3.42. The van der Waals surface area contributed by atoms with Crippen molar-refractivity contribution in [1.82, 2.24) is 20.1 Å². The van der Waals surface area contributed by atoms with Gasteiger partial charge in [-0.1, -0.05) is 49.4 Å². The van der Waals surface area contributed by atoms with Gasteiger partial charge in [-0.05, 0) is 44.0 Å². The third kappa shape index (κ3) is 6.38. The molecule has 34 heavy (non-hydrogen) atoms. The fourth-order valence-corrected chi connectivity index (χ4v) is 4.23. The van der Waals surface area contributed by atoms with Crippen LogP contribution in [0, 0.1) is 12.8 Å². The number of hydrogen-bond donors (Lipinski definition) is 2. The normalized spacial score (nSPS) is 11.8. The van der Waals surface area contributed by atoms with Gasteiger partial charge in [-0.25, -0.2) is 0 Å². The van der Waals surface area contributed by atoms with E-state index in [4.69, 9.17) is 4.74 Å². The summed E-state index contributed by atoms with van der Waals surface area (Å²) in [6.45, 7) is 8.66. The Morgan fingerprint density at radius 1 is 1.12 bits per heavy atom. The van der Waals surface area contributed by atoms with Gasteiger partial charge in [-0.3, -0.25) is 9.59 Å². The molecule has 0 aliphatic heterocycles. The molecule has 9 heteroatoms. The third-order valence-corrected chi connectivity index (χ3v) is 6.26. The van der Waals surface area contributed by atoms with Crippen molar-refractivity contribution in [2.45, 2.75) is 45.4 Å². The number of aromatic nitrogens is 3. The molecular formula is C25H31N5O3S. The largest absolute Gasteiger partial charge is 0.497 e. The zero-order valence-corrected chi connectivity index (χ0v) is 21.0. The summed E-state index contributed by atoms with van der Waals surface area (Å²) in [5, 5.41) is 15.3. The fraction of sp³-hybridized carbons (Fsp3) is 0.360. The maximum atomic E-state index is 12.8. The highest BCUT2D eigenvalue weighted by Crippen LogP contribution is 2.26. The van der Waals surface area contributed by atoms with E-state index in [1.807, 2.05) is 74.7 Å². The van der Waals surface area contributed by atoms with Gasteiger partial charge in [-0.2, -0.15) is 0 Å². The predicted molar refractivity (Wildman–Crippen MR) is 134 cm³/mol. The maximum absolute atomic E-state index is 12.8. The summed E-state index contributed by atoms with van der Waals surface area (Å²) in [4.78, 5) is 25.3. The molecule has 3 rings (SSSR count). The summed E-state index contributed by atoms with van der Waals surface area (Å²) in [5.74, 6) is 1.31. The van der Waals surface area contributed by atoms with E-state index in [0.29, 0.717) is 34.5 Å². The van der Waals surface area contributed by atoms with Gasteiger partial charge in [0.25, 0.3) is 5.91 Å². The van der Waals surface area contributed by atoms with Crippen LogP contribution in [0.15, 0.2) is 53.7 Å². The summed E-state index contributed by atoms with van der Waals surface area (Å²) < 4.78 is 7.14. The molecule has 2 N–H and O–H groups in total. The van der Waals surface area contributed by atoms with Gasteiger partial charge in [0, 0.05) is 23.9 Å². The van der Waals surface area contributed by atoms with Crippen LogP contribution >= 0.6 is 11.8 Å². The van der Waals surface area contributed by atoms with Gasteiger partial charge in [-0.15, -0.1) is 10.2 Å². The quantitative estimate of drug-likeness (QED) is 0.415. The van der Waals surface area contributed by atoms with Crippen LogP contribution in [-0.2, 0) is 11.3 Å². The minimum absolute atomic E-state index is 0.0955. The van der Waals surface area contributed by atoms with Gasteiger partial charge < -0.3 is 19.9 Å². The van der Waals surface area contributed by atoms with E-state index in [0.717, 1.165) is 5.56 Å². The van der Waals surface area contributed by atoms with Gasteiger partial charge in [0.15, 0.2) is 11.0 Å². The Balaban J connectivity index is 1.70. The van der Waals surface area contributed by atoms with Crippen LogP contribution in [0.3, 0.4) is 0 Å². The molecule has 0 aliphatic carbocycles. The lowest BCUT2D eigenvalue weighted by atomic mass is 10.0. The van der Waals surface area contributed by atoms with Crippen molar-refractivity contribution in [2.24, 2.45) is 5.92 Å². The Bertz CT molecular complexity index is 1130. The molecule has 0 aliphatic rings. The molecular weight excluding hydrogens is 450 g/mol. The van der Waals surface area contributed by atoms with Crippen molar-refractivity contribution in [1.29, 1.82) is 0 Å². The number of anilines is 1. The lowest BCUT2D eigenvalue weighted by molar-refractivity contribution is -0.113. The summed E-state index contributed by atoms with van der Waals surface area (Å²) in [6.07, 6.45) is 0. The summed E-state index contributed by atoms with van der Waals surface area (Å²) in [5.41, 5.74) is 2.36. The number of hydrogen-bond acceptors (Lipinski definition) is 6. The first kappa shape index (κ1) is 25.3. The zero-order valence-electron chi connectivity index (χ0n) is 20.2. The molecule has 2 aromatic carbocycles. The second kappa shape index (κ2) is 11.7. The summed E-state index contributed by atoms with van der Waals surface area (Å²) >= 11 is 1.31. The molecule has 2 amide bonds. The van der Waals surface area contributed by atoms with Crippen molar-refractivity contribution in [2.75, 3.05) is 18.2 Å². The predicted octanol–water partition coefficient (Wildman–Crippen LogP) is 4.47. The number of ether oxygens (including phenoxy) is 1. The second-order valence-electron chi connectivity index (χ2n) is 8.22. The average molecular weight is 482 g/mol. The van der Waals surface area contributed by atoms with E-state index >= 15 is 0 Å². The van der Waals surface area contributed by atoms with Crippen LogP contribution in [0.5, 0.6) is 5.75 Å². The number of amides is 2. The lowest BCUT2D eigenvalue weighted by Crippen LogP contribution is -2.33. The molecule has 180 valence electrons. The van der Waals surface area contributed by atoms with E-state index in [9.17, 15) is 9.59 Å². The minimum Gasteiger partial charge on any atom is -0.497 e. The first-order chi connectivity index (χ1) is 16.3. The molecule has 8 nitrogen and oxygen atoms in total. The van der Waals surface area contributed by atoms with Crippen molar-refractivity contribution in [3.05, 3.63) is 65.5 Å². The molecule has 0 unspecified atom stereocenters. The Morgan fingerprint density at radius 3 is 2.50 bits per heavy atom. The minimum atomic E-state index is -0.318. The molecule has 0 saturated heterocycles. The molecule has 0 fully saturated rings. The first-order valence-electron chi connectivity index (χ1n) is 11.2. The van der Waals surface area contributed by atoms with Gasteiger partial charge >= 0.3 is 0 Å². The highest BCUT2D eigenvalue weighted by molar-refractivity contribution is 7.99. The molecule has 0 bridgehead atoms. The van der Waals surface area contributed by atoms with Gasteiger partial charge in [0.1, 0.15) is 5.75 Å². The van der Waals surface area contributed by atoms with E-state index in [1.165, 1.54) is 11.8 Å². The van der Waals surface area contributed by atoms with E-state index in [1.54, 1.807) is 13.2 Å². The Labute approximate surface area is 204 Å². The number of carbonyl (C=O) groups excluding carboxylic acids is 2. The van der Waals surface area contributed by atoms with Crippen molar-refractivity contribution in [3.8, 4) is 5.75 Å². The number of aryl methyl sites for hydroxylation is 1. The molecule has 0 spiro atoms. The van der Waals surface area contributed by atoms with Crippen LogP contribution < -0.4 is 15.4 Å². The molecule has 0 saturated carbocycles. The standard InChI is InChI=1S/C25H31N5O3S/c1-6-30-23(22(16(2)3)27-24(32)18-12-10-17(4)11-13-18)28-29-25(30)34-15-21(31)26-19-8-7-9-20(14-19)33-5/h7-14,16,22H,6,15H2,1-5H3,(H,26,31)(H,27,32)/t22-/m1/s1. The average Bonchev–Trinajstić information content (AvgIpc) is 3.23. The highest BCUT2D eigenvalue weighted by atomic mass is 32.2. The summed E-state index contributed by atoms with van der Waals surface area (Å²) in [7, 11) is 1.58. The second-order valence-corrected chi connectivity index (χ2v) is 9.16. The van der Waals surface area contributed by atoms with Crippen molar-refractivity contribution in [3.63, 3.8) is 0 Å². The smallest absolute Gasteiger partial charge is 0.251 e. The first-order valence-corrected chi connectivity index (χ1v) is 12.2. The van der Waals surface area contributed by atoms with Crippen LogP contribution in [0.4, 0.5) is 5.69 Å². The van der Waals surface area contributed by atoms with Gasteiger partial charge in [0.2, 0.25) is 5.91 Å². The molecule has 1 heterocycles. The highest BCUT2D eigenvalue weighted by Gasteiger charge is 2.26. The van der Waals surface area contributed by atoms with E-state index in [2.05, 4.69) is 20.8 Å². The zero-order chi connectivity index (χ0) is 24.7. The Hall–Kier alpha value is -3.33. The van der Waals surface area contributed by atoms with Crippen LogP contribution in [0.25, 0.3) is 0 Å². The lowest BCUT2D eigenvalue weighted by Gasteiger charge is -2.22. The number of benzene rings is 2. The summed E-state index contributed by atoms with van der Waals surface area (Å²) in [6, 6.07) is 14.3. The van der Waals surface area contributed by atoms with Gasteiger partial charge in [0.05, 0.1) is 18.9 Å². The molecule has 1 aromatic heterocycles. The topological polar surface area (TPSA) is 98.1 Å². The number of nitrogens with zero attached hydrogens (tertiary/aromatic N) is 3. The SMILES string of the molecule is CCn1c(SCC(=O)Nc2cccc(OC)c2)nnc1[C@H](NC(=O)c1ccc(C)cc1)C(C)C. The third-order valence-electron chi connectivity index (χ3n) is 5.29. The number of nitrogens with one attached hydrogen (secondary N) is 2. The number of methoxy groups -OCH3 is 1. The Morgan fingerprint density at radius 2 is 1.85 bits per heavy atom. The maximum Gasteiger partial charge on any atom is 0.251 e. The van der Waals surface area contributed by atoms with Crippen LogP contribution in [-0.4, -0.2) is 39.4 Å². The Kier molecular flexibility index (Phi) is 8.70. The molecule has 0 radical (unpaired) electrons. The molecule has 3 aromatic rings. The van der Waals surface area contributed by atoms with Crippen LogP contribution in [0.1, 0.15) is 48.6 Å². The monoisotopic (exact) mass is 481 g/mol. The number of rotatable bonds is 10.